The Morgan fingerprint density at radius 1 is 1.19 bits per heavy atom. The molecule has 3 heterocycles. The highest BCUT2D eigenvalue weighted by Gasteiger charge is 2.33. The number of ether oxygens (including phenoxy) is 1. The molecule has 0 radical (unpaired) electrons. The summed E-state index contributed by atoms with van der Waals surface area (Å²) < 4.78 is 48.0. The van der Waals surface area contributed by atoms with Crippen molar-refractivity contribution in [3.8, 4) is 23.0 Å². The molecule has 1 aliphatic rings. The first-order chi connectivity index (χ1) is 17.8. The fourth-order valence-electron chi connectivity index (χ4n) is 3.81. The lowest BCUT2D eigenvalue weighted by atomic mass is 10.00. The first-order valence-corrected chi connectivity index (χ1v) is 11.6. The Bertz CT molecular complexity index is 1390. The minimum Gasteiger partial charge on any atom is -0.378 e. The van der Waals surface area contributed by atoms with Gasteiger partial charge in [0, 0.05) is 42.3 Å². The third-order valence-electron chi connectivity index (χ3n) is 5.65. The van der Waals surface area contributed by atoms with E-state index in [1.54, 1.807) is 18.3 Å². The van der Waals surface area contributed by atoms with Gasteiger partial charge in [-0.1, -0.05) is 6.07 Å². The van der Waals surface area contributed by atoms with Gasteiger partial charge < -0.3 is 15.0 Å². The summed E-state index contributed by atoms with van der Waals surface area (Å²) in [5, 5.41) is 2.67. The summed E-state index contributed by atoms with van der Waals surface area (Å²) in [5.74, 6) is 5.12. The zero-order valence-corrected chi connectivity index (χ0v) is 20.6. The summed E-state index contributed by atoms with van der Waals surface area (Å²) in [5.41, 5.74) is 3.11. The summed E-state index contributed by atoms with van der Waals surface area (Å²) >= 11 is 3.78. The molecule has 4 rings (SSSR count). The number of carbonyl (C=O) groups is 1. The number of benzene rings is 1. The number of hydrogen-bond donors (Lipinski definition) is 2. The molecular formula is C26H22F3N5O2S. The van der Waals surface area contributed by atoms with Crippen LogP contribution in [0, 0.1) is 18.8 Å². The average Bonchev–Trinajstić information content (AvgIpc) is 2.90. The van der Waals surface area contributed by atoms with Gasteiger partial charge in [0.2, 0.25) is 0 Å². The molecular weight excluding hydrogens is 503 g/mol. The van der Waals surface area contributed by atoms with Gasteiger partial charge >= 0.3 is 6.18 Å². The van der Waals surface area contributed by atoms with Crippen molar-refractivity contribution in [2.75, 3.05) is 36.5 Å². The van der Waals surface area contributed by atoms with E-state index in [0.717, 1.165) is 34.6 Å². The number of nitrogens with one attached hydrogen (secondary N) is 1. The van der Waals surface area contributed by atoms with E-state index in [1.807, 2.05) is 19.1 Å². The van der Waals surface area contributed by atoms with E-state index < -0.39 is 17.8 Å². The monoisotopic (exact) mass is 525 g/mol. The zero-order valence-electron chi connectivity index (χ0n) is 19.7. The fraction of sp³-hybridized carbons (Fsp3) is 0.231. The van der Waals surface area contributed by atoms with Gasteiger partial charge in [0.05, 0.1) is 25.1 Å². The number of anilines is 2. The molecule has 1 aromatic carbocycles. The Hall–Kier alpha value is -3.88. The number of halogens is 3. The van der Waals surface area contributed by atoms with Crippen molar-refractivity contribution in [3.63, 3.8) is 0 Å². The van der Waals surface area contributed by atoms with Crippen molar-refractivity contribution in [3.05, 3.63) is 71.3 Å². The maximum atomic E-state index is 13.0. The molecule has 190 valence electrons. The standard InChI is InChI=1S/C26H22F3N5O2S/c1-17-4-5-20(33-25(35)18-6-8-30-24(14-18)26(27,28)29)15-21(17)19-13-23(34-9-11-36-12-10-34)22(31-16-19)3-2-7-32-37/h4-8,13-16,37H,9-12H2,1H3,(H,33,35)/b32-7-. The number of aryl methyl sites for hydroxylation is 1. The van der Waals surface area contributed by atoms with Crippen molar-refractivity contribution in [1.82, 2.24) is 9.97 Å². The van der Waals surface area contributed by atoms with Crippen molar-refractivity contribution in [2.45, 2.75) is 13.1 Å². The predicted molar refractivity (Wildman–Crippen MR) is 139 cm³/mol. The first-order valence-electron chi connectivity index (χ1n) is 11.2. The van der Waals surface area contributed by atoms with Crippen molar-refractivity contribution in [1.29, 1.82) is 0 Å². The molecule has 11 heteroatoms. The van der Waals surface area contributed by atoms with E-state index in [4.69, 9.17) is 4.74 Å². The lowest BCUT2D eigenvalue weighted by Crippen LogP contribution is -2.36. The van der Waals surface area contributed by atoms with Gasteiger partial charge in [-0.15, -0.1) is 0 Å². The highest BCUT2D eigenvalue weighted by atomic mass is 32.1. The molecule has 0 saturated carbocycles. The Morgan fingerprint density at radius 2 is 1.97 bits per heavy atom. The van der Waals surface area contributed by atoms with Gasteiger partial charge in [0.15, 0.2) is 0 Å². The number of alkyl halides is 3. The number of morpholine rings is 1. The number of thiol groups is 1. The number of hydrogen-bond acceptors (Lipinski definition) is 7. The Balaban J connectivity index is 1.66. The number of rotatable bonds is 4. The van der Waals surface area contributed by atoms with Crippen LogP contribution in [0.4, 0.5) is 24.5 Å². The maximum absolute atomic E-state index is 13.0. The van der Waals surface area contributed by atoms with Crippen LogP contribution in [0.2, 0.25) is 0 Å². The first kappa shape index (κ1) is 26.2. The summed E-state index contributed by atoms with van der Waals surface area (Å²) in [6.45, 7) is 4.45. The largest absolute Gasteiger partial charge is 0.433 e. The lowest BCUT2D eigenvalue weighted by molar-refractivity contribution is -0.141. The molecule has 0 bridgehead atoms. The van der Waals surface area contributed by atoms with Crippen molar-refractivity contribution < 1.29 is 22.7 Å². The van der Waals surface area contributed by atoms with Crippen LogP contribution in [-0.4, -0.2) is 48.4 Å². The average molecular weight is 526 g/mol. The SMILES string of the molecule is Cc1ccc(NC(=O)c2ccnc(C(F)(F)F)c2)cc1-c1cnc(C#C/C=N\S)c(N2CCOCC2)c1. The summed E-state index contributed by atoms with van der Waals surface area (Å²) in [6, 6.07) is 9.21. The Kier molecular flexibility index (Phi) is 8.11. The molecule has 0 aliphatic carbocycles. The molecule has 0 atom stereocenters. The molecule has 3 aromatic rings. The molecule has 0 spiro atoms. The van der Waals surface area contributed by atoms with Crippen LogP contribution in [0.3, 0.4) is 0 Å². The molecule has 1 N–H and O–H groups in total. The van der Waals surface area contributed by atoms with Crippen LogP contribution in [0.5, 0.6) is 0 Å². The van der Waals surface area contributed by atoms with E-state index in [0.29, 0.717) is 37.7 Å². The van der Waals surface area contributed by atoms with Gasteiger partial charge in [0.25, 0.3) is 5.91 Å². The summed E-state index contributed by atoms with van der Waals surface area (Å²) in [6.07, 6.45) is -0.616. The molecule has 37 heavy (non-hydrogen) atoms. The number of carbonyl (C=O) groups excluding carboxylic acids is 1. The van der Waals surface area contributed by atoms with Gasteiger partial charge in [-0.25, -0.2) is 9.38 Å². The Labute approximate surface area is 217 Å². The van der Waals surface area contributed by atoms with Gasteiger partial charge in [-0.2, -0.15) is 13.2 Å². The fourth-order valence-corrected chi connectivity index (χ4v) is 3.87. The molecule has 1 amide bonds. The smallest absolute Gasteiger partial charge is 0.378 e. The minimum absolute atomic E-state index is 0.145. The van der Waals surface area contributed by atoms with Crippen LogP contribution in [0.25, 0.3) is 11.1 Å². The second kappa shape index (κ2) is 11.5. The number of nitrogens with zero attached hydrogens (tertiary/aromatic N) is 4. The molecule has 2 aromatic heterocycles. The summed E-state index contributed by atoms with van der Waals surface area (Å²) in [7, 11) is 0. The van der Waals surface area contributed by atoms with Crippen LogP contribution in [-0.2, 0) is 10.9 Å². The van der Waals surface area contributed by atoms with E-state index in [9.17, 15) is 18.0 Å². The predicted octanol–water partition coefficient (Wildman–Crippen LogP) is 4.83. The molecule has 1 saturated heterocycles. The minimum atomic E-state index is -4.64. The van der Waals surface area contributed by atoms with Gasteiger partial charge in [-0.05, 0) is 73.0 Å². The lowest BCUT2D eigenvalue weighted by Gasteiger charge is -2.29. The zero-order chi connectivity index (χ0) is 26.4. The van der Waals surface area contributed by atoms with Crippen molar-refractivity contribution in [2.24, 2.45) is 4.40 Å². The normalized spacial score (nSPS) is 13.8. The third kappa shape index (κ3) is 6.47. The highest BCUT2D eigenvalue weighted by Crippen LogP contribution is 2.32. The molecule has 1 fully saturated rings. The van der Waals surface area contributed by atoms with Crippen LogP contribution >= 0.6 is 12.8 Å². The Morgan fingerprint density at radius 3 is 2.70 bits per heavy atom. The number of amides is 1. The maximum Gasteiger partial charge on any atom is 0.433 e. The second-order valence-corrected chi connectivity index (χ2v) is 8.35. The molecule has 7 nitrogen and oxygen atoms in total. The number of pyridine rings is 2. The quantitative estimate of drug-likeness (QED) is 0.290. The highest BCUT2D eigenvalue weighted by molar-refractivity contribution is 7.79. The third-order valence-corrected chi connectivity index (χ3v) is 5.77. The topological polar surface area (TPSA) is 79.7 Å². The van der Waals surface area contributed by atoms with Gasteiger partial charge in [-0.3, -0.25) is 9.78 Å². The number of aromatic nitrogens is 2. The molecule has 1 aliphatic heterocycles. The van der Waals surface area contributed by atoms with Crippen LogP contribution < -0.4 is 10.2 Å². The van der Waals surface area contributed by atoms with E-state index in [1.165, 1.54) is 12.3 Å². The van der Waals surface area contributed by atoms with Crippen LogP contribution in [0.15, 0.2) is 53.2 Å². The second-order valence-electron chi connectivity index (χ2n) is 8.12. The van der Waals surface area contributed by atoms with E-state index in [2.05, 4.69) is 49.2 Å². The van der Waals surface area contributed by atoms with Crippen LogP contribution in [0.1, 0.15) is 27.3 Å². The van der Waals surface area contributed by atoms with Crippen molar-refractivity contribution >= 4 is 36.3 Å². The van der Waals surface area contributed by atoms with Gasteiger partial charge in [0.1, 0.15) is 11.4 Å². The van der Waals surface area contributed by atoms with E-state index in [-0.39, 0.29) is 5.56 Å². The summed E-state index contributed by atoms with van der Waals surface area (Å²) in [4.78, 5) is 22.7. The van der Waals surface area contributed by atoms with E-state index >= 15 is 0 Å². The molecule has 0 unspecified atom stereocenters.